The Hall–Kier alpha value is -1.69. The van der Waals surface area contributed by atoms with E-state index in [1.807, 2.05) is 18.8 Å². The smallest absolute Gasteiger partial charge is 0.292 e. The van der Waals surface area contributed by atoms with E-state index < -0.39 is 0 Å². The summed E-state index contributed by atoms with van der Waals surface area (Å²) in [6.07, 6.45) is 1.20. The highest BCUT2D eigenvalue weighted by Gasteiger charge is 2.02. The van der Waals surface area contributed by atoms with Gasteiger partial charge >= 0.3 is 0 Å². The predicted octanol–water partition coefficient (Wildman–Crippen LogP) is 2.90. The molecule has 0 atom stereocenters. The minimum Gasteiger partial charge on any atom is -0.471 e. The standard InChI is InChI=1S/C11H15N3S.C2H4O2/c1-3-6-15-8-4-5-9-10(7-8)14-11(12-2)13-9;1-4-2-3/h4-5,7H,3,6H2,1-2H3,(H2,12,13,14);2H,1H3. The summed E-state index contributed by atoms with van der Waals surface area (Å²) in [7, 11) is 3.18. The molecule has 0 spiro atoms. The van der Waals surface area contributed by atoms with Crippen LogP contribution in [0.5, 0.6) is 0 Å². The van der Waals surface area contributed by atoms with Crippen LogP contribution in [0.2, 0.25) is 0 Å². The summed E-state index contributed by atoms with van der Waals surface area (Å²) in [5.74, 6) is 1.99. The largest absolute Gasteiger partial charge is 0.471 e. The van der Waals surface area contributed by atoms with Crippen molar-refractivity contribution in [3.63, 3.8) is 0 Å². The fourth-order valence-electron chi connectivity index (χ4n) is 1.42. The van der Waals surface area contributed by atoms with Gasteiger partial charge in [-0.15, -0.1) is 11.8 Å². The number of hydrogen-bond donors (Lipinski definition) is 2. The first kappa shape index (κ1) is 15.4. The molecular weight excluding hydrogens is 262 g/mol. The van der Waals surface area contributed by atoms with E-state index in [4.69, 9.17) is 4.79 Å². The molecule has 2 rings (SSSR count). The first-order valence-corrected chi connectivity index (χ1v) is 7.00. The summed E-state index contributed by atoms with van der Waals surface area (Å²) in [4.78, 5) is 17.9. The van der Waals surface area contributed by atoms with Crippen molar-refractivity contribution in [1.82, 2.24) is 9.97 Å². The van der Waals surface area contributed by atoms with Crippen molar-refractivity contribution in [1.29, 1.82) is 0 Å². The first-order valence-electron chi connectivity index (χ1n) is 6.01. The highest BCUT2D eigenvalue weighted by atomic mass is 32.2. The summed E-state index contributed by atoms with van der Waals surface area (Å²) in [6, 6.07) is 6.34. The molecule has 104 valence electrons. The van der Waals surface area contributed by atoms with E-state index in [0.717, 1.165) is 17.0 Å². The van der Waals surface area contributed by atoms with Gasteiger partial charge in [0.15, 0.2) is 0 Å². The number of anilines is 1. The highest BCUT2D eigenvalue weighted by Crippen LogP contribution is 2.23. The summed E-state index contributed by atoms with van der Waals surface area (Å²) < 4.78 is 3.86. The molecule has 6 heteroatoms. The quantitative estimate of drug-likeness (QED) is 0.651. The molecule has 0 radical (unpaired) electrons. The number of carbonyl (C=O) groups is 1. The van der Waals surface area contributed by atoms with Crippen molar-refractivity contribution in [2.24, 2.45) is 0 Å². The lowest BCUT2D eigenvalue weighted by Crippen LogP contribution is -1.88. The van der Waals surface area contributed by atoms with Gasteiger partial charge < -0.3 is 15.0 Å². The summed E-state index contributed by atoms with van der Waals surface area (Å²) in [5.41, 5.74) is 2.11. The zero-order valence-corrected chi connectivity index (χ0v) is 12.2. The molecule has 5 nitrogen and oxygen atoms in total. The second-order valence-electron chi connectivity index (χ2n) is 3.69. The first-order chi connectivity index (χ1) is 9.24. The lowest BCUT2D eigenvalue weighted by Gasteiger charge is -1.98. The number of thioether (sulfide) groups is 1. The van der Waals surface area contributed by atoms with Gasteiger partial charge in [0.1, 0.15) is 0 Å². The number of nitrogens with zero attached hydrogens (tertiary/aromatic N) is 1. The van der Waals surface area contributed by atoms with E-state index >= 15 is 0 Å². The van der Waals surface area contributed by atoms with Crippen molar-refractivity contribution >= 4 is 35.2 Å². The maximum absolute atomic E-state index is 8.95. The molecule has 0 aliphatic carbocycles. The fraction of sp³-hybridized carbons (Fsp3) is 0.385. The van der Waals surface area contributed by atoms with E-state index in [-0.39, 0.29) is 0 Å². The highest BCUT2D eigenvalue weighted by molar-refractivity contribution is 7.99. The van der Waals surface area contributed by atoms with Crippen LogP contribution in [0.25, 0.3) is 11.0 Å². The number of hydrogen-bond acceptors (Lipinski definition) is 5. The number of nitrogens with one attached hydrogen (secondary N) is 2. The zero-order valence-electron chi connectivity index (χ0n) is 11.4. The van der Waals surface area contributed by atoms with Crippen molar-refractivity contribution in [2.75, 3.05) is 25.2 Å². The van der Waals surface area contributed by atoms with Gasteiger partial charge in [-0.1, -0.05) is 6.92 Å². The Kier molecular flexibility index (Phi) is 6.81. The van der Waals surface area contributed by atoms with Gasteiger partial charge in [0.2, 0.25) is 5.95 Å². The van der Waals surface area contributed by atoms with E-state index in [1.54, 1.807) is 0 Å². The number of fused-ring (bicyclic) bond motifs is 1. The molecule has 1 heterocycles. The maximum atomic E-state index is 8.95. The summed E-state index contributed by atoms with van der Waals surface area (Å²) in [6.45, 7) is 2.57. The van der Waals surface area contributed by atoms with Crippen LogP contribution in [0.4, 0.5) is 5.95 Å². The summed E-state index contributed by atoms with van der Waals surface area (Å²) >= 11 is 1.88. The number of rotatable bonds is 5. The summed E-state index contributed by atoms with van der Waals surface area (Å²) in [5, 5.41) is 3.01. The molecule has 0 fully saturated rings. The molecular formula is C13H19N3O2S. The van der Waals surface area contributed by atoms with Crippen LogP contribution in [-0.4, -0.2) is 36.4 Å². The second kappa shape index (κ2) is 8.42. The number of ether oxygens (including phenoxy) is 1. The normalized spacial score (nSPS) is 9.63. The fourth-order valence-corrected chi connectivity index (χ4v) is 2.22. The van der Waals surface area contributed by atoms with E-state index in [0.29, 0.717) is 6.47 Å². The van der Waals surface area contributed by atoms with Crippen molar-refractivity contribution < 1.29 is 9.53 Å². The van der Waals surface area contributed by atoms with Crippen LogP contribution < -0.4 is 5.32 Å². The predicted molar refractivity (Wildman–Crippen MR) is 79.7 cm³/mol. The van der Waals surface area contributed by atoms with Gasteiger partial charge in [-0.3, -0.25) is 4.79 Å². The minimum absolute atomic E-state index is 0.375. The molecule has 1 aromatic heterocycles. The van der Waals surface area contributed by atoms with Crippen LogP contribution >= 0.6 is 11.8 Å². The van der Waals surface area contributed by atoms with Crippen LogP contribution in [0, 0.1) is 0 Å². The third kappa shape index (κ3) is 4.82. The Morgan fingerprint density at radius 2 is 2.26 bits per heavy atom. The molecule has 0 saturated heterocycles. The van der Waals surface area contributed by atoms with Crippen molar-refractivity contribution in [3.05, 3.63) is 18.2 Å². The zero-order chi connectivity index (χ0) is 14.1. The minimum atomic E-state index is 0.375. The van der Waals surface area contributed by atoms with Crippen LogP contribution in [-0.2, 0) is 9.53 Å². The molecule has 2 aromatic rings. The number of benzene rings is 1. The third-order valence-electron chi connectivity index (χ3n) is 2.26. The SMILES string of the molecule is CCCSc1ccc2nc(NC)[nH]c2c1.COC=O. The lowest BCUT2D eigenvalue weighted by molar-refractivity contribution is -0.126. The number of imidazole rings is 1. The number of aromatic amines is 1. The molecule has 0 saturated carbocycles. The third-order valence-corrected chi connectivity index (χ3v) is 3.46. The molecule has 0 aliphatic heterocycles. The van der Waals surface area contributed by atoms with Crippen molar-refractivity contribution in [2.45, 2.75) is 18.2 Å². The maximum Gasteiger partial charge on any atom is 0.292 e. The van der Waals surface area contributed by atoms with Gasteiger partial charge in [-0.25, -0.2) is 4.98 Å². The molecule has 0 amide bonds. The average Bonchev–Trinajstić information content (AvgIpc) is 2.87. The Balaban J connectivity index is 0.000000399. The molecule has 0 unspecified atom stereocenters. The topological polar surface area (TPSA) is 67.0 Å². The monoisotopic (exact) mass is 281 g/mol. The van der Waals surface area contributed by atoms with Gasteiger partial charge in [-0.2, -0.15) is 0 Å². The Bertz CT molecular complexity index is 514. The molecule has 2 N–H and O–H groups in total. The average molecular weight is 281 g/mol. The van der Waals surface area contributed by atoms with E-state index in [9.17, 15) is 0 Å². The Morgan fingerprint density at radius 1 is 1.53 bits per heavy atom. The van der Waals surface area contributed by atoms with Gasteiger partial charge in [0.25, 0.3) is 6.47 Å². The lowest BCUT2D eigenvalue weighted by atomic mass is 10.3. The second-order valence-corrected chi connectivity index (χ2v) is 4.86. The van der Waals surface area contributed by atoms with Crippen LogP contribution in [0.15, 0.2) is 23.1 Å². The van der Waals surface area contributed by atoms with E-state index in [1.165, 1.54) is 24.2 Å². The van der Waals surface area contributed by atoms with Gasteiger partial charge in [0.05, 0.1) is 18.1 Å². The van der Waals surface area contributed by atoms with E-state index in [2.05, 4.69) is 45.1 Å². The Labute approximate surface area is 117 Å². The molecule has 19 heavy (non-hydrogen) atoms. The number of H-pyrrole nitrogens is 1. The van der Waals surface area contributed by atoms with Gasteiger partial charge in [-0.05, 0) is 30.4 Å². The number of carbonyl (C=O) groups excluding carboxylic acids is 1. The molecule has 0 bridgehead atoms. The molecule has 0 aliphatic rings. The number of methoxy groups -OCH3 is 1. The molecule has 1 aromatic carbocycles. The Morgan fingerprint density at radius 3 is 2.84 bits per heavy atom. The number of aromatic nitrogens is 2. The van der Waals surface area contributed by atoms with Gasteiger partial charge in [0, 0.05) is 11.9 Å². The van der Waals surface area contributed by atoms with Crippen molar-refractivity contribution in [3.8, 4) is 0 Å². The van der Waals surface area contributed by atoms with Crippen LogP contribution in [0.3, 0.4) is 0 Å². The van der Waals surface area contributed by atoms with Crippen LogP contribution in [0.1, 0.15) is 13.3 Å².